The summed E-state index contributed by atoms with van der Waals surface area (Å²) in [4.78, 5) is 14.8. The van der Waals surface area contributed by atoms with Crippen LogP contribution < -0.4 is 5.32 Å². The molecule has 3 aromatic carbocycles. The van der Waals surface area contributed by atoms with Gasteiger partial charge in [0.15, 0.2) is 0 Å². The molecule has 0 aliphatic carbocycles. The predicted octanol–water partition coefficient (Wildman–Crippen LogP) is 5.62. The summed E-state index contributed by atoms with van der Waals surface area (Å²) in [6.07, 6.45) is 6.48. The first-order chi connectivity index (χ1) is 18.2. The molecule has 0 unspecified atom stereocenters. The van der Waals surface area contributed by atoms with E-state index in [2.05, 4.69) is 81.1 Å². The number of fused-ring (bicyclic) bond motifs is 2. The zero-order valence-corrected chi connectivity index (χ0v) is 21.0. The number of benzene rings is 3. The fraction of sp³-hybridized carbons (Fsp3) is 0.290. The number of aromatic nitrogens is 2. The highest BCUT2D eigenvalue weighted by Crippen LogP contribution is 2.33. The van der Waals surface area contributed by atoms with E-state index in [1.807, 2.05) is 18.2 Å². The van der Waals surface area contributed by atoms with Gasteiger partial charge in [-0.05, 0) is 59.2 Å². The molecule has 0 bridgehead atoms. The Hall–Kier alpha value is -3.74. The van der Waals surface area contributed by atoms with Crippen molar-refractivity contribution in [1.29, 1.82) is 0 Å². The number of aromatic amines is 1. The molecule has 1 amide bonds. The number of anilines is 1. The van der Waals surface area contributed by atoms with Gasteiger partial charge in [0.1, 0.15) is 0 Å². The van der Waals surface area contributed by atoms with Crippen LogP contribution in [-0.4, -0.2) is 47.3 Å². The minimum absolute atomic E-state index is 0.0845. The molecule has 1 fully saturated rings. The van der Waals surface area contributed by atoms with Gasteiger partial charge < -0.3 is 10.1 Å². The van der Waals surface area contributed by atoms with Crippen LogP contribution >= 0.6 is 0 Å². The molecule has 0 spiro atoms. The van der Waals surface area contributed by atoms with Crippen molar-refractivity contribution in [3.63, 3.8) is 0 Å². The van der Waals surface area contributed by atoms with Crippen LogP contribution in [0.1, 0.15) is 46.7 Å². The van der Waals surface area contributed by atoms with Crippen molar-refractivity contribution < 1.29 is 9.53 Å². The second kappa shape index (κ2) is 10.7. The SMILES string of the molecule is O=C1CC[C@@H](c2ccc3c(/C=C/c4cccc(CN5CCOCC5)c4)n[nH]c3c2)Cc2ccccc2N1. The smallest absolute Gasteiger partial charge is 0.224 e. The summed E-state index contributed by atoms with van der Waals surface area (Å²) in [5, 5.41) is 12.0. The van der Waals surface area contributed by atoms with Gasteiger partial charge in [0.05, 0.1) is 24.4 Å². The Kier molecular flexibility index (Phi) is 6.84. The molecule has 3 heterocycles. The van der Waals surface area contributed by atoms with E-state index in [1.54, 1.807) is 0 Å². The second-order valence-electron chi connectivity index (χ2n) is 10.0. The van der Waals surface area contributed by atoms with Gasteiger partial charge in [0, 0.05) is 37.1 Å². The molecule has 1 aromatic heterocycles. The topological polar surface area (TPSA) is 70.2 Å². The number of carbonyl (C=O) groups is 1. The molecular weight excluding hydrogens is 460 g/mol. The standard InChI is InChI=1S/C31H32N4O2/c36-31-13-10-24(19-26-6-1-2-7-28(26)32-31)25-9-11-27-29(33-34-30(27)20-25)12-8-22-4-3-5-23(18-22)21-35-14-16-37-17-15-35/h1-9,11-12,18,20,24H,10,13-17,19,21H2,(H,32,36)(H,33,34)/b12-8+/t24-/m1/s1. The molecule has 188 valence electrons. The lowest BCUT2D eigenvalue weighted by atomic mass is 9.86. The first-order valence-corrected chi connectivity index (χ1v) is 13.1. The van der Waals surface area contributed by atoms with E-state index in [1.165, 1.54) is 22.3 Å². The Bertz CT molecular complexity index is 1430. The minimum atomic E-state index is 0.0845. The van der Waals surface area contributed by atoms with Gasteiger partial charge in [-0.15, -0.1) is 0 Å². The van der Waals surface area contributed by atoms with Crippen molar-refractivity contribution in [1.82, 2.24) is 15.1 Å². The Morgan fingerprint density at radius 1 is 1.00 bits per heavy atom. The van der Waals surface area contributed by atoms with E-state index < -0.39 is 0 Å². The number of rotatable bonds is 5. The predicted molar refractivity (Wildman–Crippen MR) is 148 cm³/mol. The van der Waals surface area contributed by atoms with E-state index in [-0.39, 0.29) is 11.8 Å². The van der Waals surface area contributed by atoms with Crippen LogP contribution in [-0.2, 0) is 22.5 Å². The maximum atomic E-state index is 12.4. The number of nitrogens with one attached hydrogen (secondary N) is 2. The summed E-state index contributed by atoms with van der Waals surface area (Å²) in [6, 6.07) is 23.4. The van der Waals surface area contributed by atoms with Gasteiger partial charge in [-0.2, -0.15) is 5.10 Å². The summed E-state index contributed by atoms with van der Waals surface area (Å²) in [7, 11) is 0. The van der Waals surface area contributed by atoms with E-state index in [0.717, 1.165) is 68.0 Å². The van der Waals surface area contributed by atoms with Gasteiger partial charge in [-0.25, -0.2) is 0 Å². The highest BCUT2D eigenvalue weighted by atomic mass is 16.5. The summed E-state index contributed by atoms with van der Waals surface area (Å²) in [6.45, 7) is 4.56. The monoisotopic (exact) mass is 492 g/mol. The number of ether oxygens (including phenoxy) is 1. The third kappa shape index (κ3) is 5.50. The molecule has 6 heteroatoms. The molecule has 0 saturated carbocycles. The van der Waals surface area contributed by atoms with Crippen molar-refractivity contribution in [3.8, 4) is 0 Å². The van der Waals surface area contributed by atoms with Crippen LogP contribution in [0.15, 0.2) is 66.7 Å². The molecule has 1 saturated heterocycles. The molecule has 2 aliphatic rings. The van der Waals surface area contributed by atoms with E-state index in [0.29, 0.717) is 6.42 Å². The van der Waals surface area contributed by atoms with E-state index in [4.69, 9.17) is 4.74 Å². The number of morpholine rings is 1. The number of carbonyl (C=O) groups excluding carboxylic acids is 1. The van der Waals surface area contributed by atoms with Crippen LogP contribution in [0.2, 0.25) is 0 Å². The van der Waals surface area contributed by atoms with E-state index in [9.17, 15) is 4.79 Å². The van der Waals surface area contributed by atoms with E-state index >= 15 is 0 Å². The Labute approximate surface area is 217 Å². The quantitative estimate of drug-likeness (QED) is 0.379. The van der Waals surface area contributed by atoms with Crippen molar-refractivity contribution in [2.75, 3.05) is 31.6 Å². The fourth-order valence-corrected chi connectivity index (χ4v) is 5.42. The maximum Gasteiger partial charge on any atom is 0.224 e. The molecule has 1 atom stereocenters. The molecule has 37 heavy (non-hydrogen) atoms. The van der Waals surface area contributed by atoms with Gasteiger partial charge in [-0.3, -0.25) is 14.8 Å². The molecule has 4 aromatic rings. The van der Waals surface area contributed by atoms with Crippen molar-refractivity contribution in [2.45, 2.75) is 31.7 Å². The van der Waals surface area contributed by atoms with Crippen LogP contribution in [0.5, 0.6) is 0 Å². The van der Waals surface area contributed by atoms with Crippen LogP contribution in [0.3, 0.4) is 0 Å². The lowest BCUT2D eigenvalue weighted by Gasteiger charge is -2.26. The first-order valence-electron chi connectivity index (χ1n) is 13.1. The molecule has 2 aliphatic heterocycles. The molecular formula is C31H32N4O2. The van der Waals surface area contributed by atoms with Crippen LogP contribution in [0.4, 0.5) is 5.69 Å². The molecule has 2 N–H and O–H groups in total. The summed E-state index contributed by atoms with van der Waals surface area (Å²) in [5.41, 5.74) is 7.80. The molecule has 6 rings (SSSR count). The average Bonchev–Trinajstić information content (AvgIpc) is 3.32. The lowest BCUT2D eigenvalue weighted by Crippen LogP contribution is -2.35. The molecule has 6 nitrogen and oxygen atoms in total. The minimum Gasteiger partial charge on any atom is -0.379 e. The Balaban J connectivity index is 1.20. The maximum absolute atomic E-state index is 12.4. The number of amides is 1. The summed E-state index contributed by atoms with van der Waals surface area (Å²) >= 11 is 0. The largest absolute Gasteiger partial charge is 0.379 e. The van der Waals surface area contributed by atoms with Crippen molar-refractivity contribution in [2.24, 2.45) is 0 Å². The van der Waals surface area contributed by atoms with Gasteiger partial charge in [0.2, 0.25) is 5.91 Å². The Morgan fingerprint density at radius 2 is 1.89 bits per heavy atom. The Morgan fingerprint density at radius 3 is 2.81 bits per heavy atom. The summed E-state index contributed by atoms with van der Waals surface area (Å²) < 4.78 is 5.47. The normalized spacial score (nSPS) is 18.9. The molecule has 0 radical (unpaired) electrons. The number of H-pyrrole nitrogens is 1. The van der Waals surface area contributed by atoms with Gasteiger partial charge >= 0.3 is 0 Å². The number of hydrogen-bond acceptors (Lipinski definition) is 4. The van der Waals surface area contributed by atoms with Crippen LogP contribution in [0, 0.1) is 0 Å². The third-order valence-corrected chi connectivity index (χ3v) is 7.46. The second-order valence-corrected chi connectivity index (χ2v) is 10.0. The van der Waals surface area contributed by atoms with Gasteiger partial charge in [-0.1, -0.05) is 60.7 Å². The number of nitrogens with zero attached hydrogens (tertiary/aromatic N) is 2. The first kappa shape index (κ1) is 23.6. The fourth-order valence-electron chi connectivity index (χ4n) is 5.42. The number of para-hydroxylation sites is 1. The highest BCUT2D eigenvalue weighted by molar-refractivity contribution is 5.92. The zero-order valence-electron chi connectivity index (χ0n) is 21.0. The number of hydrogen-bond donors (Lipinski definition) is 2. The third-order valence-electron chi connectivity index (χ3n) is 7.46. The lowest BCUT2D eigenvalue weighted by molar-refractivity contribution is -0.116. The van der Waals surface area contributed by atoms with Gasteiger partial charge in [0.25, 0.3) is 0 Å². The van der Waals surface area contributed by atoms with Crippen molar-refractivity contribution in [3.05, 3.63) is 94.7 Å². The highest BCUT2D eigenvalue weighted by Gasteiger charge is 2.21. The summed E-state index contributed by atoms with van der Waals surface area (Å²) in [5.74, 6) is 0.370. The average molecular weight is 493 g/mol. The van der Waals surface area contributed by atoms with Crippen molar-refractivity contribution >= 4 is 34.6 Å². The zero-order chi connectivity index (χ0) is 25.0. The van der Waals surface area contributed by atoms with Crippen LogP contribution in [0.25, 0.3) is 23.1 Å².